The maximum absolute atomic E-state index is 16.3. The second kappa shape index (κ2) is 24.2. The fourth-order valence-corrected chi connectivity index (χ4v) is 13.6. The molecule has 9 aromatic rings. The van der Waals surface area contributed by atoms with E-state index < -0.39 is 17.2 Å². The summed E-state index contributed by atoms with van der Waals surface area (Å²) in [5.41, 5.74) is 3.93. The maximum Gasteiger partial charge on any atom is 0.256 e. The first kappa shape index (κ1) is 56.1. The quantitative estimate of drug-likeness (QED) is 0.0826. The molecule has 6 aromatic carbocycles. The average molecular weight is 1170 g/mol. The standard InChI is InChI=1S/C35H33FN6O3.C33H37N5O4/c1-40-13-4-7-24(40)8-10-39-35(44)26-20-42-29-15-21-5-2-3-6-22(21)16-30(29)45-34-31(42)25(33(26)43)17-27(36)32(34)41-14-9-23(19-41)28-18-37-11-12-38-28;39-31-25-8-9-27(34-10-5-14-37-16-18-41-19-17-37)32-30(25)38(22-26(31)33(40)35-11-15-36-12-3-4-13-36)28-20-23-6-1-2-7-24(23)21-29(28)42-32/h2-3,5-6,11-12,15-18,20,23-24H,4,7-10,13-14,19H2,1H3,(H,39,44);1-2,6-9,20-22,34H,3-5,10-19H2,(H,35,40). The van der Waals surface area contributed by atoms with Crippen LogP contribution in [0.2, 0.25) is 0 Å². The third-order valence-electron chi connectivity index (χ3n) is 18.3. The van der Waals surface area contributed by atoms with E-state index in [-0.39, 0.29) is 39.5 Å². The SMILES string of the molecule is CN1CCCC1CCNC(=O)c1cn2c3c(c(N4CCC(c5cnccn5)C4)c(F)cc3c1=O)Oc1cc3ccccc3cc1-2.O=C(NCCN1CCCC1)c1cn2c3c(c(NCCCN4CCOCC4)ccc3c1=O)Oc1cc3ccccc3cc1-2. The molecule has 19 heteroatoms. The second-order valence-corrected chi connectivity index (χ2v) is 23.7. The smallest absolute Gasteiger partial charge is 0.256 e. The lowest BCUT2D eigenvalue weighted by atomic mass is 10.0. The predicted octanol–water partition coefficient (Wildman–Crippen LogP) is 9.60. The first-order chi connectivity index (χ1) is 42.6. The highest BCUT2D eigenvalue weighted by atomic mass is 19.1. The van der Waals surface area contributed by atoms with Crippen LogP contribution in [-0.4, -0.2) is 150 Å². The summed E-state index contributed by atoms with van der Waals surface area (Å²) in [6, 6.07) is 29.5. The molecule has 446 valence electrons. The van der Waals surface area contributed by atoms with Crippen LogP contribution >= 0.6 is 0 Å². The first-order valence-electron chi connectivity index (χ1n) is 30.7. The van der Waals surface area contributed by atoms with Crippen LogP contribution in [0.3, 0.4) is 0 Å². The van der Waals surface area contributed by atoms with E-state index in [1.807, 2.05) is 80.8 Å². The van der Waals surface area contributed by atoms with Crippen LogP contribution in [-0.2, 0) is 4.74 Å². The molecule has 0 bridgehead atoms. The van der Waals surface area contributed by atoms with Gasteiger partial charge in [0, 0.05) is 95.3 Å². The number of nitrogens with one attached hydrogen (secondary N) is 3. The molecule has 15 rings (SSSR count). The van der Waals surface area contributed by atoms with Crippen molar-refractivity contribution in [1.29, 1.82) is 0 Å². The number of aromatic nitrogens is 4. The molecule has 2 amide bonds. The molecule has 4 saturated heterocycles. The Bertz CT molecular complexity index is 4260. The van der Waals surface area contributed by atoms with Gasteiger partial charge >= 0.3 is 0 Å². The Labute approximate surface area is 502 Å². The Hall–Kier alpha value is -8.75. The Kier molecular flexibility index (Phi) is 15.6. The summed E-state index contributed by atoms with van der Waals surface area (Å²) in [5, 5.41) is 14.2. The van der Waals surface area contributed by atoms with E-state index in [0.29, 0.717) is 77.3 Å². The summed E-state index contributed by atoms with van der Waals surface area (Å²) in [5.74, 6) is 0.821. The van der Waals surface area contributed by atoms with Crippen molar-refractivity contribution in [3.8, 4) is 34.4 Å². The van der Waals surface area contributed by atoms with Crippen LogP contribution < -0.4 is 41.2 Å². The second-order valence-electron chi connectivity index (χ2n) is 23.7. The minimum absolute atomic E-state index is 0.0229. The van der Waals surface area contributed by atoms with Gasteiger partial charge in [0.05, 0.1) is 46.7 Å². The van der Waals surface area contributed by atoms with Gasteiger partial charge in [0.15, 0.2) is 28.8 Å². The van der Waals surface area contributed by atoms with Crippen LogP contribution in [0.5, 0.6) is 23.0 Å². The number of anilines is 2. The molecule has 0 spiro atoms. The Morgan fingerprint density at radius 3 is 1.94 bits per heavy atom. The minimum Gasteiger partial charge on any atom is -0.451 e. The zero-order valence-corrected chi connectivity index (χ0v) is 48.9. The number of halogens is 1. The lowest BCUT2D eigenvalue weighted by Crippen LogP contribution is -2.37. The van der Waals surface area contributed by atoms with E-state index in [2.05, 4.69) is 65.9 Å². The van der Waals surface area contributed by atoms with E-state index in [0.717, 1.165) is 136 Å². The molecule has 87 heavy (non-hydrogen) atoms. The van der Waals surface area contributed by atoms with E-state index in [1.54, 1.807) is 31.0 Å². The summed E-state index contributed by atoms with van der Waals surface area (Å²) >= 11 is 0. The number of carbonyl (C=O) groups is 2. The third kappa shape index (κ3) is 11.0. The number of likely N-dealkylation sites (tertiary alicyclic amines) is 2. The van der Waals surface area contributed by atoms with Crippen LogP contribution in [0.25, 0.3) is 54.7 Å². The van der Waals surface area contributed by atoms with E-state index in [9.17, 15) is 19.2 Å². The van der Waals surface area contributed by atoms with Crippen molar-refractivity contribution in [1.82, 2.24) is 44.4 Å². The number of ether oxygens (including phenoxy) is 3. The fourth-order valence-electron chi connectivity index (χ4n) is 13.6. The number of morpholine rings is 1. The molecule has 3 aromatic heterocycles. The van der Waals surface area contributed by atoms with Crippen molar-refractivity contribution >= 4 is 66.5 Å². The van der Waals surface area contributed by atoms with E-state index >= 15 is 4.39 Å². The predicted molar refractivity (Wildman–Crippen MR) is 337 cm³/mol. The maximum atomic E-state index is 16.3. The molecule has 9 heterocycles. The molecule has 4 fully saturated rings. The van der Waals surface area contributed by atoms with Crippen LogP contribution in [0, 0.1) is 5.82 Å². The first-order valence-corrected chi connectivity index (χ1v) is 30.7. The van der Waals surface area contributed by atoms with Gasteiger partial charge in [0.2, 0.25) is 10.9 Å². The van der Waals surface area contributed by atoms with Crippen molar-refractivity contribution in [2.24, 2.45) is 0 Å². The number of rotatable bonds is 15. The molecule has 6 aliphatic rings. The highest BCUT2D eigenvalue weighted by Gasteiger charge is 2.35. The Balaban J connectivity index is 0.000000154. The number of benzene rings is 6. The highest BCUT2D eigenvalue weighted by Crippen LogP contribution is 2.50. The lowest BCUT2D eigenvalue weighted by molar-refractivity contribution is 0.0378. The van der Waals surface area contributed by atoms with Gasteiger partial charge in [0.25, 0.3) is 11.8 Å². The van der Waals surface area contributed by atoms with Gasteiger partial charge in [-0.2, -0.15) is 0 Å². The topological polar surface area (TPSA) is 181 Å². The van der Waals surface area contributed by atoms with Crippen molar-refractivity contribution < 1.29 is 28.2 Å². The number of fused-ring (bicyclic) bond motifs is 6. The van der Waals surface area contributed by atoms with Gasteiger partial charge in [-0.05, 0) is 142 Å². The molecule has 3 N–H and O–H groups in total. The summed E-state index contributed by atoms with van der Waals surface area (Å²) in [6.07, 6.45) is 15.6. The molecule has 18 nitrogen and oxygen atoms in total. The van der Waals surface area contributed by atoms with Gasteiger partial charge in [-0.15, -0.1) is 0 Å². The molecule has 0 radical (unpaired) electrons. The van der Waals surface area contributed by atoms with Gasteiger partial charge in [0.1, 0.15) is 27.8 Å². The molecular weight excluding hydrogens is 1100 g/mol. The van der Waals surface area contributed by atoms with E-state index in [4.69, 9.17) is 14.2 Å². The zero-order valence-electron chi connectivity index (χ0n) is 48.9. The molecule has 0 aliphatic carbocycles. The minimum atomic E-state index is -0.563. The number of amides is 2. The molecule has 0 saturated carbocycles. The zero-order chi connectivity index (χ0) is 59.1. The summed E-state index contributed by atoms with van der Waals surface area (Å²) in [7, 11) is 2.10. The molecule has 2 atom stereocenters. The normalized spacial score (nSPS) is 18.1. The number of hydrogen-bond acceptors (Lipinski definition) is 14. The van der Waals surface area contributed by atoms with Gasteiger partial charge in [-0.3, -0.25) is 34.0 Å². The van der Waals surface area contributed by atoms with Crippen molar-refractivity contribution in [3.63, 3.8) is 0 Å². The van der Waals surface area contributed by atoms with Crippen LogP contribution in [0.4, 0.5) is 15.8 Å². The fraction of sp³-hybridized carbons (Fsp3) is 0.353. The summed E-state index contributed by atoms with van der Waals surface area (Å²) < 4.78 is 38.6. The summed E-state index contributed by atoms with van der Waals surface area (Å²) in [6.45, 7) is 11.3. The van der Waals surface area contributed by atoms with Gasteiger partial charge in [-0.25, -0.2) is 4.39 Å². The lowest BCUT2D eigenvalue weighted by Gasteiger charge is -2.29. The number of hydrogen-bond donors (Lipinski definition) is 3. The van der Waals surface area contributed by atoms with E-state index in [1.165, 1.54) is 18.9 Å². The third-order valence-corrected chi connectivity index (χ3v) is 18.3. The van der Waals surface area contributed by atoms with Crippen LogP contribution in [0.1, 0.15) is 77.3 Å². The molecule has 2 unspecified atom stereocenters. The number of nitrogens with zero attached hydrogens (tertiary/aromatic N) is 8. The van der Waals surface area contributed by atoms with Crippen molar-refractivity contribution in [3.05, 3.63) is 165 Å². The van der Waals surface area contributed by atoms with Gasteiger partial charge in [-0.1, -0.05) is 48.5 Å². The van der Waals surface area contributed by atoms with Crippen LogP contribution in [0.15, 0.2) is 132 Å². The van der Waals surface area contributed by atoms with Crippen molar-refractivity contribution in [2.75, 3.05) is 109 Å². The Morgan fingerprint density at radius 1 is 0.655 bits per heavy atom. The Morgan fingerprint density at radius 2 is 1.29 bits per heavy atom. The van der Waals surface area contributed by atoms with Gasteiger partial charge < -0.3 is 54.0 Å². The van der Waals surface area contributed by atoms with Crippen molar-refractivity contribution in [2.45, 2.75) is 56.9 Å². The average Bonchev–Trinajstić information content (AvgIpc) is 1.16. The summed E-state index contributed by atoms with van der Waals surface area (Å²) in [4.78, 5) is 72.2. The highest BCUT2D eigenvalue weighted by molar-refractivity contribution is 6.04. The number of pyridine rings is 2. The molecule has 6 aliphatic heterocycles. The largest absolute Gasteiger partial charge is 0.451 e. The number of carbonyl (C=O) groups excluding carboxylic acids is 2. The molecular formula is C68H70FN11O7. The monoisotopic (exact) mass is 1170 g/mol.